The number of carbonyl (C=O) groups is 1. The lowest BCUT2D eigenvalue weighted by Crippen LogP contribution is -2.40. The lowest BCUT2D eigenvalue weighted by atomic mass is 10.0. The maximum atomic E-state index is 12.8. The topological polar surface area (TPSA) is 87.9 Å². The molecule has 1 amide bonds. The van der Waals surface area contributed by atoms with Gasteiger partial charge < -0.3 is 9.88 Å². The molecule has 7 heteroatoms. The molecule has 0 unspecified atom stereocenters. The Bertz CT molecular complexity index is 836. The summed E-state index contributed by atoms with van der Waals surface area (Å²) < 4.78 is 4.70. The number of piperidine rings is 1. The van der Waals surface area contributed by atoms with Crippen LogP contribution in [0.25, 0.3) is 11.0 Å². The fourth-order valence-electron chi connectivity index (χ4n) is 3.30. The Kier molecular flexibility index (Phi) is 3.76. The minimum absolute atomic E-state index is 0.0150. The molecule has 3 heterocycles. The summed E-state index contributed by atoms with van der Waals surface area (Å²) in [6, 6.07) is 7.92. The zero-order valence-electron chi connectivity index (χ0n) is 13.5. The summed E-state index contributed by atoms with van der Waals surface area (Å²) in [7, 11) is 0. The van der Waals surface area contributed by atoms with Gasteiger partial charge in [0.15, 0.2) is 0 Å². The highest BCUT2D eigenvalue weighted by molar-refractivity contribution is 5.79. The van der Waals surface area contributed by atoms with Crippen LogP contribution in [0.4, 0.5) is 0 Å². The Balaban J connectivity index is 1.60. The molecule has 0 radical (unpaired) electrons. The molecule has 0 saturated carbocycles. The normalized spacial score (nSPS) is 18.2. The fraction of sp³-hybridized carbons (Fsp3) is 0.412. The molecule has 4 rings (SSSR count). The molecule has 124 valence electrons. The van der Waals surface area contributed by atoms with Crippen molar-refractivity contribution in [2.24, 2.45) is 0 Å². The second-order valence-corrected chi connectivity index (χ2v) is 6.21. The van der Waals surface area contributed by atoms with Crippen molar-refractivity contribution in [3.63, 3.8) is 0 Å². The molecule has 24 heavy (non-hydrogen) atoms. The van der Waals surface area contributed by atoms with Crippen LogP contribution in [0, 0.1) is 6.92 Å². The third-order valence-electron chi connectivity index (χ3n) is 4.61. The highest BCUT2D eigenvalue weighted by Gasteiger charge is 2.30. The van der Waals surface area contributed by atoms with Gasteiger partial charge in [-0.2, -0.15) is 0 Å². The Morgan fingerprint density at radius 2 is 2.21 bits per heavy atom. The lowest BCUT2D eigenvalue weighted by molar-refractivity contribution is -0.134. The highest BCUT2D eigenvalue weighted by atomic mass is 16.6. The average molecular weight is 325 g/mol. The van der Waals surface area contributed by atoms with Crippen LogP contribution < -0.4 is 0 Å². The predicted octanol–water partition coefficient (Wildman–Crippen LogP) is 2.55. The van der Waals surface area contributed by atoms with E-state index in [0.717, 1.165) is 42.7 Å². The standard InChI is InChI=1S/C17H19N5O2/c1-11-14(21-24-20-11)10-16(23)22-9-5-4-8-15(22)17-18-12-6-2-3-7-13(12)19-17/h2-3,6-7,15H,4-5,8-10H2,1H3,(H,18,19)/t15-/m1/s1. The summed E-state index contributed by atoms with van der Waals surface area (Å²) in [6.45, 7) is 2.54. The first-order valence-electron chi connectivity index (χ1n) is 8.24. The molecule has 7 nitrogen and oxygen atoms in total. The van der Waals surface area contributed by atoms with E-state index in [1.165, 1.54) is 0 Å². The SMILES string of the molecule is Cc1nonc1CC(=O)N1CCCC[C@@H]1c1nc2ccccc2[nH]1. The van der Waals surface area contributed by atoms with Crippen LogP contribution >= 0.6 is 0 Å². The van der Waals surface area contributed by atoms with E-state index in [1.54, 1.807) is 6.92 Å². The zero-order valence-corrected chi connectivity index (χ0v) is 13.5. The summed E-state index contributed by atoms with van der Waals surface area (Å²) >= 11 is 0. The summed E-state index contributed by atoms with van der Waals surface area (Å²) in [6.07, 6.45) is 3.24. The smallest absolute Gasteiger partial charge is 0.229 e. The first kappa shape index (κ1) is 14.9. The van der Waals surface area contributed by atoms with Gasteiger partial charge in [0, 0.05) is 6.54 Å². The first-order chi connectivity index (χ1) is 11.7. The molecular formula is C17H19N5O2. The summed E-state index contributed by atoms with van der Waals surface area (Å²) in [5.74, 6) is 0.901. The number of carbonyl (C=O) groups excluding carboxylic acids is 1. The maximum absolute atomic E-state index is 12.8. The molecule has 1 aliphatic heterocycles. The first-order valence-corrected chi connectivity index (χ1v) is 8.24. The van der Waals surface area contributed by atoms with E-state index in [1.807, 2.05) is 29.2 Å². The molecule has 1 N–H and O–H groups in total. The highest BCUT2D eigenvalue weighted by Crippen LogP contribution is 2.31. The van der Waals surface area contributed by atoms with Gasteiger partial charge in [-0.05, 0) is 38.3 Å². The molecule has 2 aromatic heterocycles. The quantitative estimate of drug-likeness (QED) is 0.799. The van der Waals surface area contributed by atoms with Gasteiger partial charge in [0.05, 0.1) is 23.5 Å². The molecule has 1 fully saturated rings. The summed E-state index contributed by atoms with van der Waals surface area (Å²) in [5, 5.41) is 7.57. The number of nitrogens with one attached hydrogen (secondary N) is 1. The molecule has 1 aliphatic rings. The molecule has 1 aromatic carbocycles. The summed E-state index contributed by atoms with van der Waals surface area (Å²) in [4.78, 5) is 22.8. The minimum atomic E-state index is -0.0150. The van der Waals surface area contributed by atoms with Crippen molar-refractivity contribution in [3.05, 3.63) is 41.5 Å². The van der Waals surface area contributed by atoms with E-state index in [9.17, 15) is 4.79 Å². The van der Waals surface area contributed by atoms with Crippen molar-refractivity contribution in [3.8, 4) is 0 Å². The molecule has 1 saturated heterocycles. The largest absolute Gasteiger partial charge is 0.340 e. The number of hydrogen-bond donors (Lipinski definition) is 1. The van der Waals surface area contributed by atoms with Gasteiger partial charge in [0.1, 0.15) is 17.2 Å². The van der Waals surface area contributed by atoms with Crippen LogP contribution in [-0.4, -0.2) is 37.6 Å². The Hall–Kier alpha value is -2.70. The minimum Gasteiger partial charge on any atom is -0.340 e. The predicted molar refractivity (Wildman–Crippen MR) is 87.1 cm³/mol. The van der Waals surface area contributed by atoms with Crippen LogP contribution in [0.5, 0.6) is 0 Å². The number of benzene rings is 1. The van der Waals surface area contributed by atoms with Gasteiger partial charge in [-0.25, -0.2) is 9.61 Å². The number of fused-ring (bicyclic) bond motifs is 1. The molecular weight excluding hydrogens is 306 g/mol. The van der Waals surface area contributed by atoms with E-state index in [-0.39, 0.29) is 18.4 Å². The number of aromatic amines is 1. The van der Waals surface area contributed by atoms with Crippen LogP contribution in [0.1, 0.15) is 42.5 Å². The van der Waals surface area contributed by atoms with E-state index < -0.39 is 0 Å². The molecule has 3 aromatic rings. The molecule has 1 atom stereocenters. The molecule has 0 spiro atoms. The van der Waals surface area contributed by atoms with Crippen molar-refractivity contribution in [2.45, 2.75) is 38.6 Å². The Labute approximate surface area is 139 Å². The van der Waals surface area contributed by atoms with E-state index in [4.69, 9.17) is 4.63 Å². The fourth-order valence-corrected chi connectivity index (χ4v) is 3.30. The molecule has 0 bridgehead atoms. The third kappa shape index (κ3) is 2.66. The van der Waals surface area contributed by atoms with Crippen LogP contribution in [0.2, 0.25) is 0 Å². The average Bonchev–Trinajstić information content (AvgIpc) is 3.21. The Morgan fingerprint density at radius 3 is 3.00 bits per heavy atom. The zero-order chi connectivity index (χ0) is 16.5. The number of aryl methyl sites for hydroxylation is 1. The number of amides is 1. The third-order valence-corrected chi connectivity index (χ3v) is 4.61. The number of hydrogen-bond acceptors (Lipinski definition) is 5. The van der Waals surface area contributed by atoms with Gasteiger partial charge in [0.2, 0.25) is 5.91 Å². The lowest BCUT2D eigenvalue weighted by Gasteiger charge is -2.34. The number of rotatable bonds is 3. The van der Waals surface area contributed by atoms with Crippen LogP contribution in [-0.2, 0) is 11.2 Å². The Morgan fingerprint density at radius 1 is 1.33 bits per heavy atom. The second kappa shape index (κ2) is 6.07. The van der Waals surface area contributed by atoms with Gasteiger partial charge in [-0.3, -0.25) is 4.79 Å². The van der Waals surface area contributed by atoms with E-state index >= 15 is 0 Å². The number of aromatic nitrogens is 4. The van der Waals surface area contributed by atoms with Gasteiger partial charge in [0.25, 0.3) is 0 Å². The van der Waals surface area contributed by atoms with E-state index in [2.05, 4.69) is 20.3 Å². The number of imidazole rings is 1. The molecule has 0 aliphatic carbocycles. The van der Waals surface area contributed by atoms with Crippen LogP contribution in [0.3, 0.4) is 0 Å². The van der Waals surface area contributed by atoms with Gasteiger partial charge >= 0.3 is 0 Å². The van der Waals surface area contributed by atoms with Crippen molar-refractivity contribution in [1.82, 2.24) is 25.2 Å². The maximum Gasteiger partial charge on any atom is 0.229 e. The van der Waals surface area contributed by atoms with Crippen molar-refractivity contribution < 1.29 is 9.42 Å². The number of likely N-dealkylation sites (tertiary alicyclic amines) is 1. The van der Waals surface area contributed by atoms with Gasteiger partial charge in [-0.15, -0.1) is 0 Å². The second-order valence-electron chi connectivity index (χ2n) is 6.21. The number of H-pyrrole nitrogens is 1. The monoisotopic (exact) mass is 325 g/mol. The van der Waals surface area contributed by atoms with Crippen LogP contribution in [0.15, 0.2) is 28.9 Å². The van der Waals surface area contributed by atoms with Crippen molar-refractivity contribution in [2.75, 3.05) is 6.54 Å². The summed E-state index contributed by atoms with van der Waals surface area (Å²) in [5.41, 5.74) is 3.21. The van der Waals surface area contributed by atoms with E-state index in [0.29, 0.717) is 11.4 Å². The number of nitrogens with zero attached hydrogens (tertiary/aromatic N) is 4. The van der Waals surface area contributed by atoms with Gasteiger partial charge in [-0.1, -0.05) is 22.4 Å². The van der Waals surface area contributed by atoms with Crippen molar-refractivity contribution in [1.29, 1.82) is 0 Å². The van der Waals surface area contributed by atoms with Crippen molar-refractivity contribution >= 4 is 16.9 Å². The number of para-hydroxylation sites is 2.